The van der Waals surface area contributed by atoms with Crippen LogP contribution in [0.1, 0.15) is 31.2 Å². The number of carbonyl (C=O) groups is 1. The molecule has 3 rings (SSSR count). The maximum atomic E-state index is 12.3. The van der Waals surface area contributed by atoms with E-state index in [0.717, 1.165) is 36.1 Å². The largest absolute Gasteiger partial charge is 0.317 e. The maximum Gasteiger partial charge on any atom is 0.246 e. The summed E-state index contributed by atoms with van der Waals surface area (Å²) in [6.07, 6.45) is 5.37. The molecule has 1 aliphatic carbocycles. The maximum absolute atomic E-state index is 12.3. The molecular formula is C16H19N3OS. The van der Waals surface area contributed by atoms with Crippen LogP contribution in [0.3, 0.4) is 0 Å². The van der Waals surface area contributed by atoms with E-state index in [1.165, 1.54) is 16.9 Å². The molecule has 4 nitrogen and oxygen atoms in total. The molecule has 0 saturated heterocycles. The Morgan fingerprint density at radius 2 is 2.05 bits per heavy atom. The average Bonchev–Trinajstić information content (AvgIpc) is 3.09. The van der Waals surface area contributed by atoms with Gasteiger partial charge in [0.25, 0.3) is 0 Å². The highest BCUT2D eigenvalue weighted by atomic mass is 32.1. The van der Waals surface area contributed by atoms with Crippen LogP contribution in [-0.2, 0) is 4.79 Å². The van der Waals surface area contributed by atoms with Gasteiger partial charge in [-0.25, -0.2) is 4.98 Å². The number of rotatable bonds is 3. The molecule has 0 atom stereocenters. The minimum absolute atomic E-state index is 0.106. The molecule has 1 aliphatic rings. The summed E-state index contributed by atoms with van der Waals surface area (Å²) in [5, 5.41) is 3.50. The van der Waals surface area contributed by atoms with E-state index in [-0.39, 0.29) is 5.91 Å². The number of hydrogen-bond donors (Lipinski definition) is 2. The fraction of sp³-hybridized carbons (Fsp3) is 0.375. The van der Waals surface area contributed by atoms with E-state index in [1.807, 2.05) is 12.1 Å². The molecular weight excluding hydrogens is 282 g/mol. The van der Waals surface area contributed by atoms with Gasteiger partial charge in [-0.15, -0.1) is 0 Å². The lowest BCUT2D eigenvalue weighted by molar-refractivity contribution is -0.121. The molecule has 1 amide bonds. The minimum atomic E-state index is -0.714. The van der Waals surface area contributed by atoms with Crippen molar-refractivity contribution in [1.29, 1.82) is 0 Å². The summed E-state index contributed by atoms with van der Waals surface area (Å²) >= 11 is 1.49. The number of nitrogens with one attached hydrogen (secondary N) is 1. The van der Waals surface area contributed by atoms with Crippen LogP contribution in [0.15, 0.2) is 30.5 Å². The summed E-state index contributed by atoms with van der Waals surface area (Å²) in [5.41, 5.74) is 7.79. The topological polar surface area (TPSA) is 68.0 Å². The third-order valence-corrected chi connectivity index (χ3v) is 5.03. The zero-order valence-corrected chi connectivity index (χ0v) is 12.9. The predicted octanol–water partition coefficient (Wildman–Crippen LogP) is 3.33. The molecule has 1 fully saturated rings. The van der Waals surface area contributed by atoms with E-state index < -0.39 is 5.54 Å². The summed E-state index contributed by atoms with van der Waals surface area (Å²) in [7, 11) is 0. The number of carbonyl (C=O) groups excluding carboxylic acids is 1. The standard InChI is InChI=1S/C16H19N3OS/c1-11-6-2-3-7-12(11)13-10-18-15(21-13)19-14(20)16(17)8-4-5-9-16/h2-3,6-7,10H,4-5,8-9,17H2,1H3,(H,18,19,20). The first-order valence-corrected chi connectivity index (χ1v) is 8.02. The summed E-state index contributed by atoms with van der Waals surface area (Å²) in [4.78, 5) is 17.6. The second kappa shape index (κ2) is 5.58. The monoisotopic (exact) mass is 301 g/mol. The van der Waals surface area contributed by atoms with Crippen molar-refractivity contribution >= 4 is 22.4 Å². The second-order valence-electron chi connectivity index (χ2n) is 5.66. The van der Waals surface area contributed by atoms with E-state index in [0.29, 0.717) is 5.13 Å². The quantitative estimate of drug-likeness (QED) is 0.913. The summed E-state index contributed by atoms with van der Waals surface area (Å²) in [5.74, 6) is -0.106. The Balaban J connectivity index is 1.77. The van der Waals surface area contributed by atoms with Crippen molar-refractivity contribution < 1.29 is 4.79 Å². The van der Waals surface area contributed by atoms with Gasteiger partial charge in [-0.1, -0.05) is 48.4 Å². The number of thiazole rings is 1. The van der Waals surface area contributed by atoms with Crippen molar-refractivity contribution in [2.24, 2.45) is 5.73 Å². The van der Waals surface area contributed by atoms with Gasteiger partial charge in [0.05, 0.1) is 10.4 Å². The number of anilines is 1. The highest BCUT2D eigenvalue weighted by Crippen LogP contribution is 2.33. The van der Waals surface area contributed by atoms with Gasteiger partial charge in [-0.2, -0.15) is 0 Å². The van der Waals surface area contributed by atoms with E-state index in [4.69, 9.17) is 5.73 Å². The SMILES string of the molecule is Cc1ccccc1-c1cnc(NC(=O)C2(N)CCCC2)s1. The van der Waals surface area contributed by atoms with Gasteiger partial charge in [-0.3, -0.25) is 4.79 Å². The molecule has 110 valence electrons. The van der Waals surface area contributed by atoms with Crippen molar-refractivity contribution in [3.8, 4) is 10.4 Å². The highest BCUT2D eigenvalue weighted by molar-refractivity contribution is 7.19. The van der Waals surface area contributed by atoms with Crippen LogP contribution in [0.4, 0.5) is 5.13 Å². The van der Waals surface area contributed by atoms with Gasteiger partial charge in [0, 0.05) is 6.20 Å². The van der Waals surface area contributed by atoms with Gasteiger partial charge < -0.3 is 11.1 Å². The lowest BCUT2D eigenvalue weighted by Gasteiger charge is -2.21. The second-order valence-corrected chi connectivity index (χ2v) is 6.69. The molecule has 0 spiro atoms. The van der Waals surface area contributed by atoms with Crippen molar-refractivity contribution in [1.82, 2.24) is 4.98 Å². The van der Waals surface area contributed by atoms with Gasteiger partial charge >= 0.3 is 0 Å². The Hall–Kier alpha value is -1.72. The Morgan fingerprint density at radius 1 is 1.33 bits per heavy atom. The van der Waals surface area contributed by atoms with Gasteiger partial charge in [0.2, 0.25) is 5.91 Å². The normalized spacial score (nSPS) is 16.9. The molecule has 0 aliphatic heterocycles. The third kappa shape index (κ3) is 2.84. The predicted molar refractivity (Wildman–Crippen MR) is 86.3 cm³/mol. The van der Waals surface area contributed by atoms with Crippen LogP contribution in [0.25, 0.3) is 10.4 Å². The van der Waals surface area contributed by atoms with E-state index >= 15 is 0 Å². The first kappa shape index (κ1) is 14.2. The van der Waals surface area contributed by atoms with Crippen molar-refractivity contribution in [3.63, 3.8) is 0 Å². The highest BCUT2D eigenvalue weighted by Gasteiger charge is 2.37. The molecule has 5 heteroatoms. The molecule has 0 unspecified atom stereocenters. The number of aromatic nitrogens is 1. The number of amides is 1. The van der Waals surface area contributed by atoms with Gasteiger partial charge in [0.15, 0.2) is 5.13 Å². The molecule has 1 aromatic heterocycles. The average molecular weight is 301 g/mol. The number of benzene rings is 1. The minimum Gasteiger partial charge on any atom is -0.317 e. The molecule has 0 radical (unpaired) electrons. The van der Waals surface area contributed by atoms with Gasteiger partial charge in [-0.05, 0) is 30.9 Å². The first-order chi connectivity index (χ1) is 10.1. The Labute approximate surface area is 128 Å². The molecule has 2 aromatic rings. The summed E-state index contributed by atoms with van der Waals surface area (Å²) < 4.78 is 0. The zero-order chi connectivity index (χ0) is 14.9. The molecule has 3 N–H and O–H groups in total. The van der Waals surface area contributed by atoms with Gasteiger partial charge in [0.1, 0.15) is 0 Å². The van der Waals surface area contributed by atoms with Crippen molar-refractivity contribution in [3.05, 3.63) is 36.0 Å². The molecule has 21 heavy (non-hydrogen) atoms. The van der Waals surface area contributed by atoms with E-state index in [9.17, 15) is 4.79 Å². The van der Waals surface area contributed by atoms with Crippen LogP contribution in [0.5, 0.6) is 0 Å². The molecule has 0 bridgehead atoms. The Bertz CT molecular complexity index is 659. The summed E-state index contributed by atoms with van der Waals surface area (Å²) in [6.45, 7) is 2.07. The fourth-order valence-corrected chi connectivity index (χ4v) is 3.66. The van der Waals surface area contributed by atoms with Crippen LogP contribution in [0.2, 0.25) is 0 Å². The van der Waals surface area contributed by atoms with Crippen LogP contribution in [0, 0.1) is 6.92 Å². The number of nitrogens with two attached hydrogens (primary N) is 1. The molecule has 1 saturated carbocycles. The number of nitrogens with zero attached hydrogens (tertiary/aromatic N) is 1. The van der Waals surface area contributed by atoms with E-state index in [2.05, 4.69) is 29.4 Å². The van der Waals surface area contributed by atoms with Crippen LogP contribution < -0.4 is 11.1 Å². The van der Waals surface area contributed by atoms with Crippen LogP contribution >= 0.6 is 11.3 Å². The Morgan fingerprint density at radius 3 is 2.76 bits per heavy atom. The van der Waals surface area contributed by atoms with Crippen molar-refractivity contribution in [2.45, 2.75) is 38.1 Å². The smallest absolute Gasteiger partial charge is 0.246 e. The third-order valence-electron chi connectivity index (χ3n) is 4.08. The van der Waals surface area contributed by atoms with Crippen LogP contribution in [-0.4, -0.2) is 16.4 Å². The fourth-order valence-electron chi connectivity index (χ4n) is 2.76. The zero-order valence-electron chi connectivity index (χ0n) is 12.1. The Kier molecular flexibility index (Phi) is 3.78. The molecule has 1 heterocycles. The summed E-state index contributed by atoms with van der Waals surface area (Å²) in [6, 6.07) is 8.16. The first-order valence-electron chi connectivity index (χ1n) is 7.21. The van der Waals surface area contributed by atoms with E-state index in [1.54, 1.807) is 6.20 Å². The molecule has 1 aromatic carbocycles. The lowest BCUT2D eigenvalue weighted by atomic mass is 9.98. The van der Waals surface area contributed by atoms with Crippen molar-refractivity contribution in [2.75, 3.05) is 5.32 Å². The number of hydrogen-bond acceptors (Lipinski definition) is 4. The number of aryl methyl sites for hydroxylation is 1. The lowest BCUT2D eigenvalue weighted by Crippen LogP contribution is -2.48.